The van der Waals surface area contributed by atoms with E-state index in [4.69, 9.17) is 4.74 Å². The van der Waals surface area contributed by atoms with Crippen molar-refractivity contribution in [2.45, 2.75) is 6.42 Å². The second-order valence-electron chi connectivity index (χ2n) is 5.31. The van der Waals surface area contributed by atoms with Crippen molar-refractivity contribution in [3.05, 3.63) is 71.3 Å². The molecule has 0 saturated heterocycles. The summed E-state index contributed by atoms with van der Waals surface area (Å²) in [6.07, 6.45) is 0.574. The standard InChI is InChI=1S/C19H16O4/c1-23-14-8-6-12(7-9-14)10-13-11-17(19(21)22)18(20)16-5-3-2-4-15(13)16/h2-9,11,20H,10H2,1H3,(H,21,22). The van der Waals surface area contributed by atoms with Crippen LogP contribution in [0, 0.1) is 0 Å². The third-order valence-corrected chi connectivity index (χ3v) is 3.89. The molecule has 0 aromatic heterocycles. The van der Waals surface area contributed by atoms with Gasteiger partial charge in [0.25, 0.3) is 0 Å². The molecule has 2 N–H and O–H groups in total. The Bertz CT molecular complexity index is 866. The van der Waals surface area contributed by atoms with E-state index in [0.29, 0.717) is 11.8 Å². The SMILES string of the molecule is COc1ccc(Cc2cc(C(=O)O)c(O)c3ccccc23)cc1. The molecule has 0 fully saturated rings. The van der Waals surface area contributed by atoms with E-state index in [1.54, 1.807) is 25.3 Å². The Hall–Kier alpha value is -3.01. The summed E-state index contributed by atoms with van der Waals surface area (Å²) in [6.45, 7) is 0. The highest BCUT2D eigenvalue weighted by Gasteiger charge is 2.16. The molecule has 0 heterocycles. The smallest absolute Gasteiger partial charge is 0.339 e. The van der Waals surface area contributed by atoms with E-state index >= 15 is 0 Å². The van der Waals surface area contributed by atoms with Gasteiger partial charge in [0, 0.05) is 5.39 Å². The highest BCUT2D eigenvalue weighted by atomic mass is 16.5. The number of hydrogen-bond acceptors (Lipinski definition) is 3. The van der Waals surface area contributed by atoms with Gasteiger partial charge in [-0.05, 0) is 41.1 Å². The summed E-state index contributed by atoms with van der Waals surface area (Å²) in [5.74, 6) is -0.550. The fourth-order valence-corrected chi connectivity index (χ4v) is 2.71. The van der Waals surface area contributed by atoms with E-state index < -0.39 is 5.97 Å². The summed E-state index contributed by atoms with van der Waals surface area (Å²) in [4.78, 5) is 11.4. The minimum Gasteiger partial charge on any atom is -0.506 e. The van der Waals surface area contributed by atoms with E-state index in [-0.39, 0.29) is 11.3 Å². The van der Waals surface area contributed by atoms with Crippen molar-refractivity contribution in [2.75, 3.05) is 7.11 Å². The molecule has 3 rings (SSSR count). The van der Waals surface area contributed by atoms with E-state index in [9.17, 15) is 15.0 Å². The molecule has 4 heteroatoms. The number of rotatable bonds is 4. The zero-order chi connectivity index (χ0) is 16.4. The summed E-state index contributed by atoms with van der Waals surface area (Å²) in [7, 11) is 1.61. The third-order valence-electron chi connectivity index (χ3n) is 3.89. The van der Waals surface area contributed by atoms with E-state index in [1.807, 2.05) is 36.4 Å². The van der Waals surface area contributed by atoms with Gasteiger partial charge in [-0.25, -0.2) is 4.79 Å². The molecule has 0 aliphatic rings. The van der Waals surface area contributed by atoms with Gasteiger partial charge >= 0.3 is 5.97 Å². The van der Waals surface area contributed by atoms with Crippen LogP contribution >= 0.6 is 0 Å². The first-order chi connectivity index (χ1) is 11.1. The zero-order valence-electron chi connectivity index (χ0n) is 12.6. The predicted octanol–water partition coefficient (Wildman–Crippen LogP) is 3.84. The normalized spacial score (nSPS) is 10.7. The van der Waals surface area contributed by atoms with Gasteiger partial charge in [0.05, 0.1) is 7.11 Å². The number of carboxylic acids is 1. The summed E-state index contributed by atoms with van der Waals surface area (Å²) in [5, 5.41) is 20.9. The summed E-state index contributed by atoms with van der Waals surface area (Å²) >= 11 is 0. The fraction of sp³-hybridized carbons (Fsp3) is 0.105. The molecule has 0 saturated carbocycles. The summed E-state index contributed by atoms with van der Waals surface area (Å²) in [6, 6.07) is 16.5. The van der Waals surface area contributed by atoms with Gasteiger partial charge in [-0.15, -0.1) is 0 Å². The second-order valence-corrected chi connectivity index (χ2v) is 5.31. The lowest BCUT2D eigenvalue weighted by molar-refractivity contribution is 0.0694. The van der Waals surface area contributed by atoms with Crippen molar-refractivity contribution in [1.82, 2.24) is 0 Å². The zero-order valence-corrected chi connectivity index (χ0v) is 12.6. The Morgan fingerprint density at radius 3 is 2.30 bits per heavy atom. The number of benzene rings is 3. The first kappa shape index (κ1) is 14.9. The largest absolute Gasteiger partial charge is 0.506 e. The van der Waals surface area contributed by atoms with Crippen LogP contribution in [0.15, 0.2) is 54.6 Å². The van der Waals surface area contributed by atoms with Crippen LogP contribution in [-0.4, -0.2) is 23.3 Å². The van der Waals surface area contributed by atoms with Crippen molar-refractivity contribution in [3.63, 3.8) is 0 Å². The maximum atomic E-state index is 11.4. The Morgan fingerprint density at radius 1 is 1.04 bits per heavy atom. The van der Waals surface area contributed by atoms with Crippen LogP contribution in [0.1, 0.15) is 21.5 Å². The Kier molecular flexibility index (Phi) is 3.89. The lowest BCUT2D eigenvalue weighted by Gasteiger charge is -2.11. The molecular formula is C19H16O4. The van der Waals surface area contributed by atoms with Gasteiger partial charge in [0.1, 0.15) is 17.1 Å². The van der Waals surface area contributed by atoms with Crippen LogP contribution in [-0.2, 0) is 6.42 Å². The van der Waals surface area contributed by atoms with Crippen molar-refractivity contribution in [1.29, 1.82) is 0 Å². The van der Waals surface area contributed by atoms with Crippen molar-refractivity contribution in [3.8, 4) is 11.5 Å². The van der Waals surface area contributed by atoms with Crippen LogP contribution in [0.2, 0.25) is 0 Å². The highest BCUT2D eigenvalue weighted by molar-refractivity contribution is 6.01. The lowest BCUT2D eigenvalue weighted by atomic mass is 9.95. The highest BCUT2D eigenvalue weighted by Crippen LogP contribution is 2.33. The average Bonchev–Trinajstić information content (AvgIpc) is 2.58. The van der Waals surface area contributed by atoms with Gasteiger partial charge in [0.2, 0.25) is 0 Å². The number of methoxy groups -OCH3 is 1. The molecule has 3 aromatic rings. The summed E-state index contributed by atoms with van der Waals surface area (Å²) < 4.78 is 5.15. The molecule has 23 heavy (non-hydrogen) atoms. The number of fused-ring (bicyclic) bond motifs is 1. The quantitative estimate of drug-likeness (QED) is 0.768. The molecule has 0 radical (unpaired) electrons. The Labute approximate surface area is 133 Å². The van der Waals surface area contributed by atoms with Gasteiger partial charge in [-0.2, -0.15) is 0 Å². The number of carboxylic acid groups (broad SMARTS) is 1. The monoisotopic (exact) mass is 308 g/mol. The Morgan fingerprint density at radius 2 is 1.70 bits per heavy atom. The third kappa shape index (κ3) is 2.83. The number of aromatic carboxylic acids is 1. The number of phenols is 1. The van der Waals surface area contributed by atoms with Crippen LogP contribution in [0.4, 0.5) is 0 Å². The minimum absolute atomic E-state index is 0.0767. The van der Waals surface area contributed by atoms with Crippen LogP contribution in [0.3, 0.4) is 0 Å². The molecule has 116 valence electrons. The maximum absolute atomic E-state index is 11.4. The molecule has 0 unspecified atom stereocenters. The van der Waals surface area contributed by atoms with E-state index in [1.165, 1.54) is 0 Å². The predicted molar refractivity (Wildman–Crippen MR) is 88.4 cm³/mol. The van der Waals surface area contributed by atoms with Gasteiger partial charge < -0.3 is 14.9 Å². The molecule has 0 spiro atoms. The van der Waals surface area contributed by atoms with Crippen molar-refractivity contribution < 1.29 is 19.7 Å². The lowest BCUT2D eigenvalue weighted by Crippen LogP contribution is -2.00. The molecule has 0 bridgehead atoms. The van der Waals surface area contributed by atoms with Crippen LogP contribution < -0.4 is 4.74 Å². The number of ether oxygens (including phenoxy) is 1. The number of aromatic hydroxyl groups is 1. The molecule has 0 aliphatic heterocycles. The fourth-order valence-electron chi connectivity index (χ4n) is 2.71. The average molecular weight is 308 g/mol. The first-order valence-corrected chi connectivity index (χ1v) is 7.20. The molecule has 0 aliphatic carbocycles. The summed E-state index contributed by atoms with van der Waals surface area (Å²) in [5.41, 5.74) is 1.83. The van der Waals surface area contributed by atoms with Crippen molar-refractivity contribution >= 4 is 16.7 Å². The molecular weight excluding hydrogens is 292 g/mol. The van der Waals surface area contributed by atoms with Crippen LogP contribution in [0.5, 0.6) is 11.5 Å². The molecule has 0 atom stereocenters. The van der Waals surface area contributed by atoms with Gasteiger partial charge in [-0.3, -0.25) is 0 Å². The van der Waals surface area contributed by atoms with Gasteiger partial charge in [-0.1, -0.05) is 36.4 Å². The van der Waals surface area contributed by atoms with Crippen LogP contribution in [0.25, 0.3) is 10.8 Å². The number of carbonyl (C=O) groups is 1. The van der Waals surface area contributed by atoms with E-state index in [2.05, 4.69) is 0 Å². The molecule has 4 nitrogen and oxygen atoms in total. The minimum atomic E-state index is -1.13. The second kappa shape index (κ2) is 6.01. The maximum Gasteiger partial charge on any atom is 0.339 e. The van der Waals surface area contributed by atoms with E-state index in [0.717, 1.165) is 22.3 Å². The van der Waals surface area contributed by atoms with Gasteiger partial charge in [0.15, 0.2) is 0 Å². The topological polar surface area (TPSA) is 66.8 Å². The van der Waals surface area contributed by atoms with Crippen molar-refractivity contribution in [2.24, 2.45) is 0 Å². The Balaban J connectivity index is 2.11. The molecule has 0 amide bonds. The molecule has 3 aromatic carbocycles. The number of hydrogen-bond donors (Lipinski definition) is 2. The first-order valence-electron chi connectivity index (χ1n) is 7.20.